The van der Waals surface area contributed by atoms with E-state index in [9.17, 15) is 29.1 Å². The van der Waals surface area contributed by atoms with E-state index in [2.05, 4.69) is 10.6 Å². The lowest BCUT2D eigenvalue weighted by Gasteiger charge is -2.28. The van der Waals surface area contributed by atoms with E-state index in [1.807, 2.05) is 6.26 Å². The van der Waals surface area contributed by atoms with Crippen LogP contribution in [0.15, 0.2) is 0 Å². The molecular weight excluding hydrogens is 404 g/mol. The minimum absolute atomic E-state index is 0.166. The fraction of sp³-hybridized carbons (Fsp3) is 0.706. The lowest BCUT2D eigenvalue weighted by Crippen LogP contribution is -2.57. The first-order valence-corrected chi connectivity index (χ1v) is 10.6. The van der Waals surface area contributed by atoms with Gasteiger partial charge in [0, 0.05) is 6.54 Å². The average Bonchev–Trinajstić information content (AvgIpc) is 3.13. The summed E-state index contributed by atoms with van der Waals surface area (Å²) in [4.78, 5) is 61.0. The Bertz CT molecular complexity index is 643. The van der Waals surface area contributed by atoms with Crippen molar-refractivity contribution in [2.75, 3.05) is 18.6 Å². The molecule has 12 heteroatoms. The van der Waals surface area contributed by atoms with E-state index in [1.165, 1.54) is 18.7 Å². The Labute approximate surface area is 172 Å². The molecule has 4 atom stereocenters. The maximum Gasteiger partial charge on any atom is 0.326 e. The number of carbonyl (C=O) groups is 5. The summed E-state index contributed by atoms with van der Waals surface area (Å²) in [5.74, 6) is -4.03. The first kappa shape index (κ1) is 24.7. The first-order valence-electron chi connectivity index (χ1n) is 9.18. The second kappa shape index (κ2) is 11.6. The highest BCUT2D eigenvalue weighted by atomic mass is 32.2. The van der Waals surface area contributed by atoms with Crippen LogP contribution in [0.5, 0.6) is 0 Å². The Balaban J connectivity index is 2.96. The number of aliphatic carboxylic acids is 2. The van der Waals surface area contributed by atoms with Crippen molar-refractivity contribution >= 4 is 41.4 Å². The molecule has 0 spiro atoms. The largest absolute Gasteiger partial charge is 0.481 e. The molecule has 1 aliphatic rings. The quantitative estimate of drug-likeness (QED) is 0.263. The SMILES string of the molecule is CSCC[C@H](NC(=O)[C@H](C)N)C(=O)N[C@@H](CC(=O)O)C(=O)N1CCC[C@H]1C(=O)O. The molecule has 0 aromatic carbocycles. The van der Waals surface area contributed by atoms with Gasteiger partial charge in [-0.05, 0) is 38.2 Å². The Morgan fingerprint density at radius 2 is 1.76 bits per heavy atom. The molecule has 0 aliphatic carbocycles. The molecule has 0 unspecified atom stereocenters. The lowest BCUT2D eigenvalue weighted by molar-refractivity contribution is -0.150. The Kier molecular flexibility index (Phi) is 9.89. The summed E-state index contributed by atoms with van der Waals surface area (Å²) in [5, 5.41) is 23.2. The summed E-state index contributed by atoms with van der Waals surface area (Å²) >= 11 is 1.45. The number of rotatable bonds is 11. The van der Waals surface area contributed by atoms with Crippen LogP contribution in [0.1, 0.15) is 32.6 Å². The standard InChI is InChI=1S/C17H28N4O7S/c1-9(18)14(24)19-10(5-7-29-2)15(25)20-11(8-13(22)23)16(26)21-6-3-4-12(21)17(27)28/h9-12H,3-8,18H2,1-2H3,(H,19,24)(H,20,25)(H,22,23)(H,27,28)/t9-,10-,11-,12-/m0/s1. The molecule has 1 heterocycles. The van der Waals surface area contributed by atoms with Crippen LogP contribution in [-0.4, -0.2) is 87.5 Å². The second-order valence-corrected chi connectivity index (χ2v) is 7.80. The molecule has 11 nitrogen and oxygen atoms in total. The van der Waals surface area contributed by atoms with Gasteiger partial charge in [-0.2, -0.15) is 11.8 Å². The molecule has 164 valence electrons. The van der Waals surface area contributed by atoms with Crippen LogP contribution >= 0.6 is 11.8 Å². The van der Waals surface area contributed by atoms with Gasteiger partial charge >= 0.3 is 11.9 Å². The number of carboxylic acids is 2. The van der Waals surface area contributed by atoms with Crippen LogP contribution < -0.4 is 16.4 Å². The summed E-state index contributed by atoms with van der Waals surface area (Å²) in [6, 6.07) is -4.35. The highest BCUT2D eigenvalue weighted by Crippen LogP contribution is 2.19. The van der Waals surface area contributed by atoms with Gasteiger partial charge in [0.25, 0.3) is 0 Å². The van der Waals surface area contributed by atoms with Crippen molar-refractivity contribution in [1.82, 2.24) is 15.5 Å². The summed E-state index contributed by atoms with van der Waals surface area (Å²) < 4.78 is 0. The minimum Gasteiger partial charge on any atom is -0.481 e. The molecule has 1 saturated heterocycles. The third kappa shape index (κ3) is 7.54. The maximum absolute atomic E-state index is 12.8. The van der Waals surface area contributed by atoms with Crippen molar-refractivity contribution in [3.8, 4) is 0 Å². The van der Waals surface area contributed by atoms with Gasteiger partial charge in [-0.3, -0.25) is 19.2 Å². The Hall–Kier alpha value is -2.34. The van der Waals surface area contributed by atoms with Gasteiger partial charge in [0.2, 0.25) is 17.7 Å². The van der Waals surface area contributed by atoms with Gasteiger partial charge in [-0.15, -0.1) is 0 Å². The van der Waals surface area contributed by atoms with Crippen molar-refractivity contribution in [3.63, 3.8) is 0 Å². The molecule has 0 bridgehead atoms. The topological polar surface area (TPSA) is 179 Å². The molecule has 3 amide bonds. The molecule has 0 radical (unpaired) electrons. The number of likely N-dealkylation sites (tertiary alicyclic amines) is 1. The number of nitrogens with two attached hydrogens (primary N) is 1. The number of carbonyl (C=O) groups excluding carboxylic acids is 3. The Morgan fingerprint density at radius 3 is 2.28 bits per heavy atom. The smallest absolute Gasteiger partial charge is 0.326 e. The van der Waals surface area contributed by atoms with E-state index in [4.69, 9.17) is 10.8 Å². The minimum atomic E-state index is -1.44. The van der Waals surface area contributed by atoms with Crippen molar-refractivity contribution in [2.24, 2.45) is 5.73 Å². The average molecular weight is 432 g/mol. The third-order valence-electron chi connectivity index (χ3n) is 4.47. The maximum atomic E-state index is 12.8. The molecule has 1 fully saturated rings. The van der Waals surface area contributed by atoms with Crippen LogP contribution in [0, 0.1) is 0 Å². The summed E-state index contributed by atoms with van der Waals surface area (Å²) in [5.41, 5.74) is 5.51. The van der Waals surface area contributed by atoms with Crippen LogP contribution in [0.4, 0.5) is 0 Å². The van der Waals surface area contributed by atoms with Crippen LogP contribution in [0.2, 0.25) is 0 Å². The number of amides is 3. The van der Waals surface area contributed by atoms with Crippen molar-refractivity contribution < 1.29 is 34.2 Å². The number of nitrogens with zero attached hydrogens (tertiary/aromatic N) is 1. The zero-order valence-corrected chi connectivity index (χ0v) is 17.2. The second-order valence-electron chi connectivity index (χ2n) is 6.82. The molecule has 0 aromatic heterocycles. The molecule has 1 rings (SSSR count). The van der Waals surface area contributed by atoms with Gasteiger partial charge in [0.1, 0.15) is 18.1 Å². The van der Waals surface area contributed by atoms with Gasteiger partial charge in [-0.1, -0.05) is 0 Å². The van der Waals surface area contributed by atoms with Crippen LogP contribution in [-0.2, 0) is 24.0 Å². The normalized spacial score (nSPS) is 19.1. The monoisotopic (exact) mass is 432 g/mol. The summed E-state index contributed by atoms with van der Waals surface area (Å²) in [7, 11) is 0. The zero-order chi connectivity index (χ0) is 22.1. The fourth-order valence-electron chi connectivity index (χ4n) is 2.94. The van der Waals surface area contributed by atoms with Gasteiger partial charge < -0.3 is 31.5 Å². The summed E-state index contributed by atoms with van der Waals surface area (Å²) in [6.45, 7) is 1.62. The fourth-order valence-corrected chi connectivity index (χ4v) is 3.41. The first-order chi connectivity index (χ1) is 13.6. The molecular formula is C17H28N4O7S. The number of hydrogen-bond donors (Lipinski definition) is 5. The zero-order valence-electron chi connectivity index (χ0n) is 16.4. The predicted octanol–water partition coefficient (Wildman–Crippen LogP) is -1.39. The molecule has 1 aliphatic heterocycles. The molecule has 0 saturated carbocycles. The number of hydrogen-bond acceptors (Lipinski definition) is 7. The third-order valence-corrected chi connectivity index (χ3v) is 5.12. The van der Waals surface area contributed by atoms with Gasteiger partial charge in [0.05, 0.1) is 12.5 Å². The number of thioether (sulfide) groups is 1. The van der Waals surface area contributed by atoms with E-state index in [-0.39, 0.29) is 19.4 Å². The number of carboxylic acid groups (broad SMARTS) is 2. The van der Waals surface area contributed by atoms with Gasteiger partial charge in [0.15, 0.2) is 0 Å². The highest BCUT2D eigenvalue weighted by molar-refractivity contribution is 7.98. The summed E-state index contributed by atoms with van der Waals surface area (Å²) in [6.07, 6.45) is 2.09. The lowest BCUT2D eigenvalue weighted by atomic mass is 10.1. The van der Waals surface area contributed by atoms with Crippen LogP contribution in [0.25, 0.3) is 0 Å². The molecule has 29 heavy (non-hydrogen) atoms. The van der Waals surface area contributed by atoms with Crippen molar-refractivity contribution in [1.29, 1.82) is 0 Å². The van der Waals surface area contributed by atoms with Crippen molar-refractivity contribution in [2.45, 2.75) is 56.8 Å². The van der Waals surface area contributed by atoms with E-state index in [1.54, 1.807) is 0 Å². The van der Waals surface area contributed by atoms with Crippen LogP contribution in [0.3, 0.4) is 0 Å². The molecule has 0 aromatic rings. The predicted molar refractivity (Wildman–Crippen MR) is 105 cm³/mol. The van der Waals surface area contributed by atoms with E-state index < -0.39 is 60.2 Å². The number of nitrogens with one attached hydrogen (secondary N) is 2. The van der Waals surface area contributed by atoms with E-state index in [0.717, 1.165) is 4.90 Å². The molecule has 6 N–H and O–H groups in total. The van der Waals surface area contributed by atoms with Gasteiger partial charge in [-0.25, -0.2) is 4.79 Å². The van der Waals surface area contributed by atoms with Crippen molar-refractivity contribution in [3.05, 3.63) is 0 Å². The highest BCUT2D eigenvalue weighted by Gasteiger charge is 2.39. The van der Waals surface area contributed by atoms with E-state index >= 15 is 0 Å². The Morgan fingerprint density at radius 1 is 1.14 bits per heavy atom. The van der Waals surface area contributed by atoms with E-state index in [0.29, 0.717) is 12.2 Å².